The minimum atomic E-state index is -0.0106. The van der Waals surface area contributed by atoms with Crippen LogP contribution >= 0.6 is 0 Å². The van der Waals surface area contributed by atoms with Crippen LogP contribution in [0.1, 0.15) is 23.8 Å². The molecule has 0 aromatic carbocycles. The normalized spacial score (nSPS) is 16.2. The number of amides is 1. The molecule has 1 aliphatic rings. The molecular weight excluding hydrogens is 230 g/mol. The van der Waals surface area contributed by atoms with Crippen LogP contribution in [0.3, 0.4) is 0 Å². The fourth-order valence-electron chi connectivity index (χ4n) is 1.94. The fraction of sp³-hybridized carbons (Fsp3) is 0.538. The lowest BCUT2D eigenvalue weighted by Gasteiger charge is -2.19. The van der Waals surface area contributed by atoms with Gasteiger partial charge >= 0.3 is 0 Å². The molecule has 0 saturated carbocycles. The van der Waals surface area contributed by atoms with E-state index >= 15 is 0 Å². The number of nitrogens with one attached hydrogen (secondary N) is 1. The molecule has 0 radical (unpaired) electrons. The van der Waals surface area contributed by atoms with E-state index in [1.165, 1.54) is 0 Å². The Hall–Kier alpha value is -1.62. The summed E-state index contributed by atoms with van der Waals surface area (Å²) in [7, 11) is 0. The highest BCUT2D eigenvalue weighted by molar-refractivity contribution is 5.92. The third-order valence-corrected chi connectivity index (χ3v) is 2.87. The average Bonchev–Trinajstić information content (AvgIpc) is 2.68. The molecule has 5 heteroatoms. The zero-order chi connectivity index (χ0) is 12.8. The average molecular weight is 249 g/mol. The molecule has 0 atom stereocenters. The minimum Gasteiger partial charge on any atom is -0.384 e. The highest BCUT2D eigenvalue weighted by atomic mass is 16.5. The Morgan fingerprint density at radius 2 is 2.33 bits per heavy atom. The number of aromatic nitrogens is 1. The summed E-state index contributed by atoms with van der Waals surface area (Å²) in [5.74, 6) is -0.0106. The van der Waals surface area contributed by atoms with Crippen LogP contribution in [0.4, 0.5) is 5.69 Å². The summed E-state index contributed by atoms with van der Waals surface area (Å²) in [6.07, 6.45) is 2.59. The van der Waals surface area contributed by atoms with Gasteiger partial charge in [0, 0.05) is 26.2 Å². The number of rotatable bonds is 3. The molecule has 2 heterocycles. The van der Waals surface area contributed by atoms with E-state index in [0.717, 1.165) is 31.8 Å². The first-order valence-corrected chi connectivity index (χ1v) is 6.38. The summed E-state index contributed by atoms with van der Waals surface area (Å²) in [5, 5.41) is 3.16. The SMILES string of the molecule is CCNc1ccc(C(=O)N2CCCOCC2)nc1. The van der Waals surface area contributed by atoms with Crippen molar-refractivity contribution in [1.29, 1.82) is 0 Å². The summed E-state index contributed by atoms with van der Waals surface area (Å²) in [6.45, 7) is 5.61. The van der Waals surface area contributed by atoms with Gasteiger partial charge in [0.2, 0.25) is 0 Å². The van der Waals surface area contributed by atoms with Crippen molar-refractivity contribution in [3.05, 3.63) is 24.0 Å². The predicted octanol–water partition coefficient (Wildman–Crippen LogP) is 1.38. The fourth-order valence-corrected chi connectivity index (χ4v) is 1.94. The van der Waals surface area contributed by atoms with Crippen LogP contribution < -0.4 is 5.32 Å². The van der Waals surface area contributed by atoms with Gasteiger partial charge in [-0.1, -0.05) is 0 Å². The number of carbonyl (C=O) groups excluding carboxylic acids is 1. The maximum atomic E-state index is 12.2. The van der Waals surface area contributed by atoms with Crippen molar-refractivity contribution >= 4 is 11.6 Å². The lowest BCUT2D eigenvalue weighted by atomic mass is 10.3. The second-order valence-corrected chi connectivity index (χ2v) is 4.22. The van der Waals surface area contributed by atoms with Crippen molar-refractivity contribution in [2.24, 2.45) is 0 Å². The van der Waals surface area contributed by atoms with Crippen LogP contribution in [0.2, 0.25) is 0 Å². The highest BCUT2D eigenvalue weighted by Crippen LogP contribution is 2.09. The molecule has 98 valence electrons. The van der Waals surface area contributed by atoms with Crippen molar-refractivity contribution < 1.29 is 9.53 Å². The number of carbonyl (C=O) groups is 1. The Bertz CT molecular complexity index is 384. The van der Waals surface area contributed by atoms with Gasteiger partial charge in [-0.05, 0) is 25.5 Å². The van der Waals surface area contributed by atoms with Crippen LogP contribution in [-0.2, 0) is 4.74 Å². The quantitative estimate of drug-likeness (QED) is 0.879. The van der Waals surface area contributed by atoms with E-state index in [9.17, 15) is 4.79 Å². The van der Waals surface area contributed by atoms with Crippen LogP contribution in [0, 0.1) is 0 Å². The number of hydrogen-bond donors (Lipinski definition) is 1. The van der Waals surface area contributed by atoms with Crippen molar-refractivity contribution in [1.82, 2.24) is 9.88 Å². The number of nitrogens with zero attached hydrogens (tertiary/aromatic N) is 2. The Balaban J connectivity index is 2.02. The standard InChI is InChI=1S/C13H19N3O2/c1-2-14-11-4-5-12(15-10-11)13(17)16-6-3-8-18-9-7-16/h4-5,10,14H,2-3,6-9H2,1H3. The Morgan fingerprint density at radius 1 is 1.44 bits per heavy atom. The second kappa shape index (κ2) is 6.35. The summed E-state index contributed by atoms with van der Waals surface area (Å²) in [4.78, 5) is 18.2. The molecule has 1 amide bonds. The summed E-state index contributed by atoms with van der Waals surface area (Å²) in [6, 6.07) is 3.66. The number of pyridine rings is 1. The van der Waals surface area contributed by atoms with Gasteiger partial charge in [-0.25, -0.2) is 4.98 Å². The molecule has 0 spiro atoms. The highest BCUT2D eigenvalue weighted by Gasteiger charge is 2.18. The lowest BCUT2D eigenvalue weighted by molar-refractivity contribution is 0.0735. The summed E-state index contributed by atoms with van der Waals surface area (Å²) >= 11 is 0. The topological polar surface area (TPSA) is 54.5 Å². The first-order chi connectivity index (χ1) is 8.81. The molecule has 1 aromatic rings. The summed E-state index contributed by atoms with van der Waals surface area (Å²) < 4.78 is 5.34. The summed E-state index contributed by atoms with van der Waals surface area (Å²) in [5.41, 5.74) is 1.44. The van der Waals surface area contributed by atoms with Gasteiger partial charge < -0.3 is 15.0 Å². The van der Waals surface area contributed by atoms with Gasteiger partial charge in [-0.2, -0.15) is 0 Å². The third kappa shape index (κ3) is 3.20. The van der Waals surface area contributed by atoms with E-state index < -0.39 is 0 Å². The Morgan fingerprint density at radius 3 is 3.06 bits per heavy atom. The van der Waals surface area contributed by atoms with Crippen LogP contribution in [0.15, 0.2) is 18.3 Å². The molecule has 0 bridgehead atoms. The lowest BCUT2D eigenvalue weighted by Crippen LogP contribution is -2.33. The molecule has 1 N–H and O–H groups in total. The molecule has 2 rings (SSSR count). The predicted molar refractivity (Wildman–Crippen MR) is 69.7 cm³/mol. The Kier molecular flexibility index (Phi) is 4.52. The molecule has 0 aliphatic carbocycles. The van der Waals surface area contributed by atoms with Gasteiger partial charge in [0.05, 0.1) is 18.5 Å². The van der Waals surface area contributed by atoms with E-state index in [1.807, 2.05) is 17.9 Å². The molecule has 1 aliphatic heterocycles. The van der Waals surface area contributed by atoms with Crippen molar-refractivity contribution in [3.63, 3.8) is 0 Å². The molecule has 1 aromatic heterocycles. The van der Waals surface area contributed by atoms with Gasteiger partial charge in [0.1, 0.15) is 5.69 Å². The maximum Gasteiger partial charge on any atom is 0.272 e. The van der Waals surface area contributed by atoms with Crippen LogP contribution in [0.25, 0.3) is 0 Å². The molecular formula is C13H19N3O2. The van der Waals surface area contributed by atoms with E-state index in [4.69, 9.17) is 4.74 Å². The van der Waals surface area contributed by atoms with Crippen molar-refractivity contribution in [2.45, 2.75) is 13.3 Å². The monoisotopic (exact) mass is 249 g/mol. The van der Waals surface area contributed by atoms with Crippen LogP contribution in [-0.4, -0.2) is 48.6 Å². The van der Waals surface area contributed by atoms with Gasteiger partial charge in [-0.15, -0.1) is 0 Å². The first-order valence-electron chi connectivity index (χ1n) is 6.38. The zero-order valence-corrected chi connectivity index (χ0v) is 10.7. The molecule has 5 nitrogen and oxygen atoms in total. The zero-order valence-electron chi connectivity index (χ0n) is 10.7. The largest absolute Gasteiger partial charge is 0.384 e. The second-order valence-electron chi connectivity index (χ2n) is 4.22. The maximum absolute atomic E-state index is 12.2. The molecule has 1 saturated heterocycles. The number of hydrogen-bond acceptors (Lipinski definition) is 4. The molecule has 18 heavy (non-hydrogen) atoms. The van der Waals surface area contributed by atoms with E-state index in [0.29, 0.717) is 18.8 Å². The van der Waals surface area contributed by atoms with Gasteiger partial charge in [0.15, 0.2) is 0 Å². The number of anilines is 1. The van der Waals surface area contributed by atoms with E-state index in [2.05, 4.69) is 10.3 Å². The van der Waals surface area contributed by atoms with E-state index in [1.54, 1.807) is 12.3 Å². The van der Waals surface area contributed by atoms with Crippen molar-refractivity contribution in [3.8, 4) is 0 Å². The minimum absolute atomic E-state index is 0.0106. The van der Waals surface area contributed by atoms with E-state index in [-0.39, 0.29) is 5.91 Å². The molecule has 1 fully saturated rings. The van der Waals surface area contributed by atoms with Crippen LogP contribution in [0.5, 0.6) is 0 Å². The number of ether oxygens (including phenoxy) is 1. The van der Waals surface area contributed by atoms with Gasteiger partial charge in [-0.3, -0.25) is 4.79 Å². The third-order valence-electron chi connectivity index (χ3n) is 2.87. The first kappa shape index (κ1) is 12.8. The Labute approximate surface area is 107 Å². The van der Waals surface area contributed by atoms with Gasteiger partial charge in [0.25, 0.3) is 5.91 Å². The smallest absolute Gasteiger partial charge is 0.272 e. The molecule has 0 unspecified atom stereocenters. The van der Waals surface area contributed by atoms with Crippen molar-refractivity contribution in [2.75, 3.05) is 38.2 Å².